The van der Waals surface area contributed by atoms with E-state index in [1.165, 1.54) is 0 Å². The summed E-state index contributed by atoms with van der Waals surface area (Å²) in [6.45, 7) is 0. The zero-order valence-electron chi connectivity index (χ0n) is 10.9. The summed E-state index contributed by atoms with van der Waals surface area (Å²) in [5.41, 5.74) is 7.97. The fourth-order valence-electron chi connectivity index (χ4n) is 1.90. The smallest absolute Gasteiger partial charge is 0.262 e. The number of benzene rings is 2. The number of rotatable bonds is 3. The number of ether oxygens (including phenoxy) is 1. The van der Waals surface area contributed by atoms with Crippen molar-refractivity contribution in [1.29, 1.82) is 0 Å². The van der Waals surface area contributed by atoms with E-state index >= 15 is 0 Å². The zero-order valence-corrected chi connectivity index (χ0v) is 10.9. The molecule has 0 radical (unpaired) electrons. The standard InChI is InChI=1S/C15H13N3O2/c1-19-13-5-3-2-4-12(13)15-17-14(18-20-15)10-6-8-11(16)9-7-10/h2-9H,16H2,1H3. The first-order valence-electron chi connectivity index (χ1n) is 6.11. The Balaban J connectivity index is 2.00. The number of hydrogen-bond acceptors (Lipinski definition) is 5. The number of para-hydroxylation sites is 1. The van der Waals surface area contributed by atoms with Gasteiger partial charge in [0.2, 0.25) is 5.82 Å². The first-order chi connectivity index (χ1) is 9.78. The van der Waals surface area contributed by atoms with Crippen molar-refractivity contribution in [2.24, 2.45) is 0 Å². The van der Waals surface area contributed by atoms with Crippen LogP contribution in [-0.4, -0.2) is 17.3 Å². The fraction of sp³-hybridized carbons (Fsp3) is 0.0667. The van der Waals surface area contributed by atoms with E-state index in [1.54, 1.807) is 19.2 Å². The van der Waals surface area contributed by atoms with Crippen molar-refractivity contribution in [3.63, 3.8) is 0 Å². The van der Waals surface area contributed by atoms with Crippen molar-refractivity contribution >= 4 is 5.69 Å². The average Bonchev–Trinajstić information content (AvgIpc) is 2.97. The molecule has 0 aliphatic carbocycles. The number of nitrogens with two attached hydrogens (primary N) is 1. The van der Waals surface area contributed by atoms with Gasteiger partial charge in [-0.25, -0.2) is 0 Å². The van der Waals surface area contributed by atoms with E-state index < -0.39 is 0 Å². The summed E-state index contributed by atoms with van der Waals surface area (Å²) >= 11 is 0. The highest BCUT2D eigenvalue weighted by Gasteiger charge is 2.14. The molecule has 0 bridgehead atoms. The van der Waals surface area contributed by atoms with Crippen LogP contribution in [0.5, 0.6) is 5.75 Å². The van der Waals surface area contributed by atoms with Crippen molar-refractivity contribution in [1.82, 2.24) is 10.1 Å². The molecule has 0 saturated heterocycles. The lowest BCUT2D eigenvalue weighted by atomic mass is 10.2. The minimum atomic E-state index is 0.425. The van der Waals surface area contributed by atoms with Crippen LogP contribution in [0.2, 0.25) is 0 Å². The molecule has 0 fully saturated rings. The SMILES string of the molecule is COc1ccccc1-c1nc(-c2ccc(N)cc2)no1. The van der Waals surface area contributed by atoms with Gasteiger partial charge in [0.25, 0.3) is 5.89 Å². The van der Waals surface area contributed by atoms with Gasteiger partial charge in [0.1, 0.15) is 5.75 Å². The van der Waals surface area contributed by atoms with E-state index in [2.05, 4.69) is 10.1 Å². The van der Waals surface area contributed by atoms with Crippen LogP contribution >= 0.6 is 0 Å². The zero-order chi connectivity index (χ0) is 13.9. The summed E-state index contributed by atoms with van der Waals surface area (Å²) in [5.74, 6) is 1.64. The molecule has 1 aromatic heterocycles. The van der Waals surface area contributed by atoms with Gasteiger partial charge >= 0.3 is 0 Å². The summed E-state index contributed by atoms with van der Waals surface area (Å²) in [5, 5.41) is 3.99. The van der Waals surface area contributed by atoms with Gasteiger partial charge in [-0.1, -0.05) is 17.3 Å². The molecule has 100 valence electrons. The Morgan fingerprint density at radius 3 is 2.55 bits per heavy atom. The van der Waals surface area contributed by atoms with Crippen LogP contribution in [-0.2, 0) is 0 Å². The molecule has 3 aromatic rings. The molecule has 0 atom stereocenters. The summed E-state index contributed by atoms with van der Waals surface area (Å²) in [7, 11) is 1.61. The minimum Gasteiger partial charge on any atom is -0.496 e. The van der Waals surface area contributed by atoms with Gasteiger partial charge in [0.05, 0.1) is 12.7 Å². The molecule has 0 spiro atoms. The van der Waals surface area contributed by atoms with Crippen LogP contribution in [0.1, 0.15) is 0 Å². The Morgan fingerprint density at radius 1 is 1.05 bits per heavy atom. The molecule has 1 heterocycles. The van der Waals surface area contributed by atoms with Gasteiger partial charge in [0, 0.05) is 11.3 Å². The van der Waals surface area contributed by atoms with E-state index in [1.807, 2.05) is 36.4 Å². The maximum atomic E-state index is 5.66. The Kier molecular flexibility index (Phi) is 3.09. The third kappa shape index (κ3) is 2.21. The Hall–Kier alpha value is -2.82. The van der Waals surface area contributed by atoms with E-state index in [9.17, 15) is 0 Å². The summed E-state index contributed by atoms with van der Waals surface area (Å²) < 4.78 is 10.6. The maximum absolute atomic E-state index is 5.66. The van der Waals surface area contributed by atoms with E-state index in [-0.39, 0.29) is 0 Å². The predicted octanol–water partition coefficient (Wildman–Crippen LogP) is 2.99. The fourth-order valence-corrected chi connectivity index (χ4v) is 1.90. The number of aromatic nitrogens is 2. The second kappa shape index (κ2) is 5.05. The Morgan fingerprint density at radius 2 is 1.80 bits per heavy atom. The van der Waals surface area contributed by atoms with E-state index in [4.69, 9.17) is 15.0 Å². The molecule has 20 heavy (non-hydrogen) atoms. The highest BCUT2D eigenvalue weighted by Crippen LogP contribution is 2.29. The molecule has 2 aromatic carbocycles. The van der Waals surface area contributed by atoms with Crippen LogP contribution in [0.3, 0.4) is 0 Å². The first kappa shape index (κ1) is 12.2. The molecule has 0 aliphatic rings. The lowest BCUT2D eigenvalue weighted by molar-refractivity contribution is 0.405. The number of hydrogen-bond donors (Lipinski definition) is 1. The van der Waals surface area contributed by atoms with Crippen molar-refractivity contribution in [2.45, 2.75) is 0 Å². The van der Waals surface area contributed by atoms with Crippen LogP contribution in [0.25, 0.3) is 22.8 Å². The van der Waals surface area contributed by atoms with Gasteiger partial charge in [-0.15, -0.1) is 0 Å². The van der Waals surface area contributed by atoms with Gasteiger partial charge in [0.15, 0.2) is 0 Å². The third-order valence-electron chi connectivity index (χ3n) is 2.93. The summed E-state index contributed by atoms with van der Waals surface area (Å²) in [4.78, 5) is 4.39. The van der Waals surface area contributed by atoms with Crippen molar-refractivity contribution in [3.05, 3.63) is 48.5 Å². The van der Waals surface area contributed by atoms with Crippen molar-refractivity contribution < 1.29 is 9.26 Å². The van der Waals surface area contributed by atoms with Crippen LogP contribution in [0.15, 0.2) is 53.1 Å². The third-order valence-corrected chi connectivity index (χ3v) is 2.93. The second-order valence-electron chi connectivity index (χ2n) is 4.25. The Labute approximate surface area is 116 Å². The molecule has 3 rings (SSSR count). The predicted molar refractivity (Wildman–Crippen MR) is 76.1 cm³/mol. The van der Waals surface area contributed by atoms with Gasteiger partial charge < -0.3 is 15.0 Å². The molecule has 0 aliphatic heterocycles. The van der Waals surface area contributed by atoms with Gasteiger partial charge in [-0.05, 0) is 36.4 Å². The topological polar surface area (TPSA) is 74.2 Å². The highest BCUT2D eigenvalue weighted by molar-refractivity contribution is 5.65. The summed E-state index contributed by atoms with van der Waals surface area (Å²) in [6, 6.07) is 14.8. The molecule has 0 amide bonds. The van der Waals surface area contributed by atoms with Crippen LogP contribution in [0, 0.1) is 0 Å². The number of methoxy groups -OCH3 is 1. The Bertz CT molecular complexity index is 720. The molecule has 0 unspecified atom stereocenters. The first-order valence-corrected chi connectivity index (χ1v) is 6.11. The molecule has 5 heteroatoms. The van der Waals surface area contributed by atoms with E-state index in [0.29, 0.717) is 23.2 Å². The molecule has 0 saturated carbocycles. The second-order valence-corrected chi connectivity index (χ2v) is 4.25. The van der Waals surface area contributed by atoms with Crippen molar-refractivity contribution in [2.75, 3.05) is 12.8 Å². The summed E-state index contributed by atoms with van der Waals surface area (Å²) in [6.07, 6.45) is 0. The number of nitrogens with zero attached hydrogens (tertiary/aromatic N) is 2. The molecule has 2 N–H and O–H groups in total. The van der Waals surface area contributed by atoms with Gasteiger partial charge in [-0.3, -0.25) is 0 Å². The van der Waals surface area contributed by atoms with E-state index in [0.717, 1.165) is 11.1 Å². The van der Waals surface area contributed by atoms with Crippen LogP contribution < -0.4 is 10.5 Å². The largest absolute Gasteiger partial charge is 0.496 e. The lowest BCUT2D eigenvalue weighted by Crippen LogP contribution is -1.88. The monoisotopic (exact) mass is 267 g/mol. The maximum Gasteiger partial charge on any atom is 0.262 e. The lowest BCUT2D eigenvalue weighted by Gasteiger charge is -2.02. The number of nitrogen functional groups attached to an aromatic ring is 1. The quantitative estimate of drug-likeness (QED) is 0.738. The molecule has 5 nitrogen and oxygen atoms in total. The molecular formula is C15H13N3O2. The minimum absolute atomic E-state index is 0.425. The van der Waals surface area contributed by atoms with Crippen LogP contribution in [0.4, 0.5) is 5.69 Å². The number of anilines is 1. The van der Waals surface area contributed by atoms with Gasteiger partial charge in [-0.2, -0.15) is 4.98 Å². The van der Waals surface area contributed by atoms with Crippen molar-refractivity contribution in [3.8, 4) is 28.6 Å². The normalized spacial score (nSPS) is 10.4. The highest BCUT2D eigenvalue weighted by atomic mass is 16.5. The molecular weight excluding hydrogens is 254 g/mol. The average molecular weight is 267 g/mol.